The number of anilines is 1. The van der Waals surface area contributed by atoms with Crippen LogP contribution in [0.1, 0.15) is 49.2 Å². The second-order valence-corrected chi connectivity index (χ2v) is 15.7. The fraction of sp³-hybridized carbons (Fsp3) is 0.268. The number of carbonyl (C=O) groups is 3. The molecule has 5 rings (SSSR count). The van der Waals surface area contributed by atoms with E-state index in [1.807, 2.05) is 74.5 Å². The Morgan fingerprint density at radius 2 is 1.27 bits per heavy atom. The molecule has 0 aliphatic carbocycles. The lowest BCUT2D eigenvalue weighted by atomic mass is 10.1. The minimum atomic E-state index is -4.02. The first kappa shape index (κ1) is 40.8. The number of rotatable bonds is 19. The molecule has 3 N–H and O–H groups in total. The number of hydrogen-bond acceptors (Lipinski definition) is 10. The summed E-state index contributed by atoms with van der Waals surface area (Å²) in [7, 11) is -4.02. The molecule has 0 saturated heterocycles. The van der Waals surface area contributed by atoms with Gasteiger partial charge in [0.1, 0.15) is 29.3 Å². The highest BCUT2D eigenvalue weighted by molar-refractivity contribution is 7.67. The van der Waals surface area contributed by atoms with E-state index in [2.05, 4.69) is 20.5 Å². The topological polar surface area (TPSA) is 154 Å². The molecule has 2 atom stereocenters. The summed E-state index contributed by atoms with van der Waals surface area (Å²) in [5, 5.41) is 11.4. The highest BCUT2D eigenvalue weighted by Crippen LogP contribution is 2.39. The van der Waals surface area contributed by atoms with Crippen LogP contribution in [-0.4, -0.2) is 54.2 Å². The van der Waals surface area contributed by atoms with Gasteiger partial charge in [-0.15, -0.1) is 11.3 Å². The molecule has 12 nitrogen and oxygen atoms in total. The van der Waals surface area contributed by atoms with Crippen LogP contribution in [-0.2, 0) is 36.5 Å². The van der Waals surface area contributed by atoms with Crippen molar-refractivity contribution in [2.75, 3.05) is 18.5 Å². The summed E-state index contributed by atoms with van der Waals surface area (Å²) in [6, 6.07) is 27.8. The van der Waals surface area contributed by atoms with E-state index < -0.39 is 31.5 Å². The van der Waals surface area contributed by atoms with E-state index in [0.29, 0.717) is 27.9 Å². The first-order chi connectivity index (χ1) is 26.5. The Hall–Kier alpha value is -5.33. The Morgan fingerprint density at radius 1 is 0.727 bits per heavy atom. The maximum atomic E-state index is 15.4. The number of amides is 1. The summed E-state index contributed by atoms with van der Waals surface area (Å²) in [5.41, 5.74) is 1.93. The van der Waals surface area contributed by atoms with Gasteiger partial charge >= 0.3 is 11.9 Å². The standard InChI is InChI=1S/C41H45N4O8PS/c1-5-50-39(47)36(23-29-13-9-7-10-14-29)44-54(49,45-37(40(48)51-6-2)24-30-15-11-8-12-16-30)35-19-17-32(18-20-35)53-34-26-31(25-33(27-34)52-28(3)4)38(46)43-41-42-21-22-55-41/h7-22,25-28,36-37H,5-6,23-24H2,1-4H3,(H,42,43,46)(H2,44,45,49)/t36-,37-/m0/s1. The lowest BCUT2D eigenvalue weighted by molar-refractivity contribution is -0.145. The van der Waals surface area contributed by atoms with Crippen molar-refractivity contribution in [2.24, 2.45) is 0 Å². The fourth-order valence-corrected chi connectivity index (χ4v) is 8.33. The van der Waals surface area contributed by atoms with E-state index in [9.17, 15) is 14.4 Å². The smallest absolute Gasteiger partial charge is 0.323 e. The van der Waals surface area contributed by atoms with Crippen LogP contribution in [0.15, 0.2) is 115 Å². The van der Waals surface area contributed by atoms with E-state index in [-0.39, 0.29) is 43.4 Å². The Labute approximate surface area is 325 Å². The van der Waals surface area contributed by atoms with Crippen molar-refractivity contribution in [2.45, 2.75) is 58.7 Å². The fourth-order valence-electron chi connectivity index (χ4n) is 5.59. The van der Waals surface area contributed by atoms with Crippen molar-refractivity contribution in [1.82, 2.24) is 15.2 Å². The minimum Gasteiger partial charge on any atom is -0.491 e. The second-order valence-electron chi connectivity index (χ2n) is 12.6. The summed E-state index contributed by atoms with van der Waals surface area (Å²) in [5.74, 6) is -0.464. The molecule has 0 saturated carbocycles. The van der Waals surface area contributed by atoms with Gasteiger partial charge in [0.15, 0.2) is 5.13 Å². The summed E-state index contributed by atoms with van der Waals surface area (Å²) in [6.45, 7) is 7.39. The van der Waals surface area contributed by atoms with Crippen LogP contribution in [0.4, 0.5) is 5.13 Å². The van der Waals surface area contributed by atoms with Gasteiger partial charge in [-0.2, -0.15) is 0 Å². The monoisotopic (exact) mass is 784 g/mol. The van der Waals surface area contributed by atoms with E-state index >= 15 is 4.57 Å². The lowest BCUT2D eigenvalue weighted by Crippen LogP contribution is -2.48. The summed E-state index contributed by atoms with van der Waals surface area (Å²) >= 11 is 1.30. The second kappa shape index (κ2) is 19.8. The average Bonchev–Trinajstić information content (AvgIpc) is 3.68. The van der Waals surface area contributed by atoms with Gasteiger partial charge in [0.25, 0.3) is 5.91 Å². The predicted molar refractivity (Wildman–Crippen MR) is 213 cm³/mol. The normalized spacial score (nSPS) is 12.4. The summed E-state index contributed by atoms with van der Waals surface area (Å²) in [6.07, 6.45) is 1.77. The third-order valence-electron chi connectivity index (χ3n) is 7.99. The van der Waals surface area contributed by atoms with Crippen LogP contribution in [0, 0.1) is 0 Å². The van der Waals surface area contributed by atoms with E-state index in [0.717, 1.165) is 11.1 Å². The molecular formula is C41H45N4O8PS. The van der Waals surface area contributed by atoms with Crippen LogP contribution in [0.3, 0.4) is 0 Å². The van der Waals surface area contributed by atoms with Crippen LogP contribution < -0.4 is 30.3 Å². The quantitative estimate of drug-likeness (QED) is 0.0570. The molecule has 288 valence electrons. The maximum Gasteiger partial charge on any atom is 0.323 e. The number of nitrogens with zero attached hydrogens (tertiary/aromatic N) is 1. The molecule has 5 aromatic rings. The molecule has 1 heterocycles. The Morgan fingerprint density at radius 3 is 1.76 bits per heavy atom. The molecule has 14 heteroatoms. The first-order valence-corrected chi connectivity index (χ1v) is 20.5. The lowest BCUT2D eigenvalue weighted by Gasteiger charge is -2.29. The van der Waals surface area contributed by atoms with Crippen molar-refractivity contribution in [3.8, 4) is 17.2 Å². The number of ether oxygens (including phenoxy) is 4. The average molecular weight is 785 g/mol. The Balaban J connectivity index is 1.49. The first-order valence-electron chi connectivity index (χ1n) is 17.9. The molecule has 55 heavy (non-hydrogen) atoms. The van der Waals surface area contributed by atoms with Gasteiger partial charge in [-0.3, -0.25) is 24.3 Å². The molecule has 1 aromatic heterocycles. The minimum absolute atomic E-state index is 0.118. The van der Waals surface area contributed by atoms with Gasteiger partial charge in [-0.05, 0) is 88.1 Å². The number of carbonyl (C=O) groups excluding carboxylic acids is 3. The van der Waals surface area contributed by atoms with Crippen LogP contribution in [0.25, 0.3) is 0 Å². The third kappa shape index (κ3) is 12.1. The molecular weight excluding hydrogens is 740 g/mol. The number of benzene rings is 4. The molecule has 0 bridgehead atoms. The van der Waals surface area contributed by atoms with Gasteiger partial charge in [0, 0.05) is 28.5 Å². The number of aromatic nitrogens is 1. The van der Waals surface area contributed by atoms with Gasteiger partial charge in [0.2, 0.25) is 7.44 Å². The zero-order chi connectivity index (χ0) is 39.2. The number of thiazole rings is 1. The zero-order valence-electron chi connectivity index (χ0n) is 31.1. The van der Waals surface area contributed by atoms with Crippen molar-refractivity contribution >= 4 is 47.1 Å². The summed E-state index contributed by atoms with van der Waals surface area (Å²) < 4.78 is 38.3. The molecule has 1 amide bonds. The zero-order valence-corrected chi connectivity index (χ0v) is 32.8. The van der Waals surface area contributed by atoms with Crippen molar-refractivity contribution in [1.29, 1.82) is 0 Å². The van der Waals surface area contributed by atoms with Gasteiger partial charge < -0.3 is 18.9 Å². The van der Waals surface area contributed by atoms with Crippen LogP contribution >= 0.6 is 18.8 Å². The maximum absolute atomic E-state index is 15.4. The SMILES string of the molecule is CCOC(=O)[C@H](Cc1ccccc1)NP(=O)(N[C@@H](Cc1ccccc1)C(=O)OCC)c1ccc(Oc2cc(OC(C)C)cc(C(=O)Nc3nccs3)c2)cc1. The van der Waals surface area contributed by atoms with Gasteiger partial charge in [-0.1, -0.05) is 60.7 Å². The van der Waals surface area contributed by atoms with Gasteiger partial charge in [0.05, 0.1) is 19.3 Å². The van der Waals surface area contributed by atoms with E-state index in [1.54, 1.807) is 67.9 Å². The molecule has 0 aliphatic heterocycles. The highest BCUT2D eigenvalue weighted by atomic mass is 32.1. The molecule has 0 fully saturated rings. The largest absolute Gasteiger partial charge is 0.491 e. The molecule has 0 unspecified atom stereocenters. The third-order valence-corrected chi connectivity index (χ3v) is 11.1. The van der Waals surface area contributed by atoms with Crippen LogP contribution in [0.5, 0.6) is 17.2 Å². The van der Waals surface area contributed by atoms with Gasteiger partial charge in [-0.25, -0.2) is 15.2 Å². The number of esters is 2. The summed E-state index contributed by atoms with van der Waals surface area (Å²) in [4.78, 5) is 44.1. The van der Waals surface area contributed by atoms with Crippen LogP contribution in [0.2, 0.25) is 0 Å². The molecule has 4 aromatic carbocycles. The van der Waals surface area contributed by atoms with E-state index in [1.165, 1.54) is 11.3 Å². The number of nitrogens with one attached hydrogen (secondary N) is 3. The Kier molecular flexibility index (Phi) is 14.7. The predicted octanol–water partition coefficient (Wildman–Crippen LogP) is 7.32. The molecule has 0 radical (unpaired) electrons. The van der Waals surface area contributed by atoms with E-state index in [4.69, 9.17) is 18.9 Å². The van der Waals surface area contributed by atoms with Crippen molar-refractivity contribution in [3.63, 3.8) is 0 Å². The van der Waals surface area contributed by atoms with Crippen molar-refractivity contribution < 1.29 is 37.9 Å². The Bertz CT molecular complexity index is 1980. The highest BCUT2D eigenvalue weighted by Gasteiger charge is 2.37. The number of hydrogen-bond donors (Lipinski definition) is 3. The molecule has 0 spiro atoms. The molecule has 0 aliphatic rings. The van der Waals surface area contributed by atoms with Crippen molar-refractivity contribution in [3.05, 3.63) is 131 Å².